The summed E-state index contributed by atoms with van der Waals surface area (Å²) >= 11 is 0. The topological polar surface area (TPSA) is 53.4 Å². The number of carbonyl (C=O) groups excluding carboxylic acids is 1. The van der Waals surface area contributed by atoms with Crippen LogP contribution < -0.4 is 5.32 Å². The standard InChI is InChI=1S/C25H37N5O/c1-17(2)13-20-14-23(29(5)27-20)25(31)30-15-19-8-6-7-18(3)24(19)26-12-11-21-9-10-22(16-30)28(21)4/h6-8,14,17,21-22,26H,9-13,15-16H2,1-5H3. The van der Waals surface area contributed by atoms with E-state index < -0.39 is 0 Å². The highest BCUT2D eigenvalue weighted by Crippen LogP contribution is 2.30. The van der Waals surface area contributed by atoms with E-state index in [1.165, 1.54) is 23.2 Å². The van der Waals surface area contributed by atoms with Crippen LogP contribution in [-0.4, -0.2) is 57.7 Å². The van der Waals surface area contributed by atoms with Crippen LogP contribution in [0.25, 0.3) is 0 Å². The number of carbonyl (C=O) groups is 1. The van der Waals surface area contributed by atoms with Crippen molar-refractivity contribution >= 4 is 11.6 Å². The highest BCUT2D eigenvalue weighted by atomic mass is 16.2. The Hall–Kier alpha value is -2.34. The van der Waals surface area contributed by atoms with Crippen LogP contribution in [0.15, 0.2) is 24.3 Å². The fourth-order valence-electron chi connectivity index (χ4n) is 5.22. The molecule has 6 heteroatoms. The molecule has 0 spiro atoms. The van der Waals surface area contributed by atoms with E-state index in [-0.39, 0.29) is 5.91 Å². The van der Waals surface area contributed by atoms with E-state index >= 15 is 0 Å². The Morgan fingerprint density at radius 3 is 2.74 bits per heavy atom. The molecule has 31 heavy (non-hydrogen) atoms. The number of likely N-dealkylation sites (N-methyl/N-ethyl adjacent to an activating group) is 1. The maximum atomic E-state index is 13.8. The lowest BCUT2D eigenvalue weighted by molar-refractivity contribution is 0.0678. The minimum atomic E-state index is 0.0774. The number of para-hydroxylation sites is 1. The molecule has 0 radical (unpaired) electrons. The van der Waals surface area contributed by atoms with Gasteiger partial charge in [-0.15, -0.1) is 0 Å². The molecule has 0 saturated carbocycles. The number of hydrogen-bond acceptors (Lipinski definition) is 4. The number of fused-ring (bicyclic) bond motifs is 3. The molecule has 168 valence electrons. The van der Waals surface area contributed by atoms with E-state index in [2.05, 4.69) is 61.3 Å². The number of hydrogen-bond donors (Lipinski definition) is 1. The first-order valence-corrected chi connectivity index (χ1v) is 11.7. The lowest BCUT2D eigenvalue weighted by Gasteiger charge is -2.31. The summed E-state index contributed by atoms with van der Waals surface area (Å²) in [6, 6.07) is 9.38. The highest BCUT2D eigenvalue weighted by Gasteiger charge is 2.34. The van der Waals surface area contributed by atoms with Crippen molar-refractivity contribution in [3.8, 4) is 0 Å². The van der Waals surface area contributed by atoms with Gasteiger partial charge in [0, 0.05) is 44.5 Å². The van der Waals surface area contributed by atoms with Gasteiger partial charge in [0.2, 0.25) is 0 Å². The van der Waals surface area contributed by atoms with Gasteiger partial charge in [-0.3, -0.25) is 14.4 Å². The Morgan fingerprint density at radius 1 is 1.19 bits per heavy atom. The lowest BCUT2D eigenvalue weighted by atomic mass is 10.0. The summed E-state index contributed by atoms with van der Waals surface area (Å²) in [5.74, 6) is 0.592. The summed E-state index contributed by atoms with van der Waals surface area (Å²) in [5, 5.41) is 8.31. The van der Waals surface area contributed by atoms with Crippen LogP contribution in [0.1, 0.15) is 60.4 Å². The minimum Gasteiger partial charge on any atom is -0.384 e. The van der Waals surface area contributed by atoms with E-state index in [4.69, 9.17) is 0 Å². The molecular formula is C25H37N5O. The van der Waals surface area contributed by atoms with Crippen molar-refractivity contribution in [2.75, 3.05) is 25.5 Å². The molecule has 2 bridgehead atoms. The van der Waals surface area contributed by atoms with Gasteiger partial charge >= 0.3 is 0 Å². The van der Waals surface area contributed by atoms with Gasteiger partial charge in [0.1, 0.15) is 5.69 Å². The average Bonchev–Trinajstić information content (AvgIpc) is 3.23. The second kappa shape index (κ2) is 9.03. The molecule has 2 unspecified atom stereocenters. The van der Waals surface area contributed by atoms with Gasteiger partial charge in [-0.25, -0.2) is 0 Å². The zero-order valence-corrected chi connectivity index (χ0v) is 19.7. The van der Waals surface area contributed by atoms with E-state index in [0.717, 1.165) is 38.0 Å². The largest absolute Gasteiger partial charge is 0.384 e. The van der Waals surface area contributed by atoms with Crippen LogP contribution in [0.4, 0.5) is 5.69 Å². The summed E-state index contributed by atoms with van der Waals surface area (Å²) < 4.78 is 1.77. The highest BCUT2D eigenvalue weighted by molar-refractivity contribution is 5.92. The summed E-state index contributed by atoms with van der Waals surface area (Å²) in [6.07, 6.45) is 4.38. The summed E-state index contributed by atoms with van der Waals surface area (Å²) in [7, 11) is 4.12. The fourth-order valence-corrected chi connectivity index (χ4v) is 5.22. The molecule has 6 nitrogen and oxygen atoms in total. The molecule has 2 aromatic rings. The third-order valence-corrected chi connectivity index (χ3v) is 6.97. The van der Waals surface area contributed by atoms with E-state index in [1.807, 2.05) is 18.0 Å². The number of aryl methyl sites for hydroxylation is 2. The molecule has 1 fully saturated rings. The third kappa shape index (κ3) is 4.64. The SMILES string of the molecule is Cc1cccc2c1NCCC1CCC(CN(C(=O)c3cc(CC(C)C)nn3C)C2)N1C. The molecule has 0 aliphatic carbocycles. The predicted octanol–water partition coefficient (Wildman–Crippen LogP) is 3.85. The molecular weight excluding hydrogens is 386 g/mol. The Kier molecular flexibility index (Phi) is 6.37. The summed E-state index contributed by atoms with van der Waals surface area (Å²) in [6.45, 7) is 8.85. The molecule has 2 aliphatic rings. The second-order valence-electron chi connectivity index (χ2n) is 9.80. The van der Waals surface area contributed by atoms with Gasteiger partial charge in [-0.2, -0.15) is 5.10 Å². The summed E-state index contributed by atoms with van der Waals surface area (Å²) in [5.41, 5.74) is 5.30. The fraction of sp³-hybridized carbons (Fsp3) is 0.600. The van der Waals surface area contributed by atoms with Crippen molar-refractivity contribution in [3.05, 3.63) is 46.8 Å². The normalized spacial score (nSPS) is 22.2. The van der Waals surface area contributed by atoms with Crippen LogP contribution >= 0.6 is 0 Å². The van der Waals surface area contributed by atoms with Crippen LogP contribution in [0.3, 0.4) is 0 Å². The Bertz CT molecular complexity index is 934. The molecule has 1 amide bonds. The van der Waals surface area contributed by atoms with Gasteiger partial charge in [0.15, 0.2) is 0 Å². The Labute approximate surface area is 186 Å². The van der Waals surface area contributed by atoms with Crippen molar-refractivity contribution in [1.29, 1.82) is 0 Å². The molecule has 1 aromatic heterocycles. The van der Waals surface area contributed by atoms with Crippen molar-refractivity contribution in [3.63, 3.8) is 0 Å². The maximum Gasteiger partial charge on any atom is 0.272 e. The quantitative estimate of drug-likeness (QED) is 0.815. The van der Waals surface area contributed by atoms with Crippen molar-refractivity contribution in [1.82, 2.24) is 19.6 Å². The van der Waals surface area contributed by atoms with Gasteiger partial charge in [-0.05, 0) is 62.8 Å². The molecule has 1 aromatic carbocycles. The van der Waals surface area contributed by atoms with Gasteiger partial charge in [-0.1, -0.05) is 32.0 Å². The molecule has 1 N–H and O–H groups in total. The number of anilines is 1. The molecule has 3 heterocycles. The first kappa shape index (κ1) is 21.9. The molecule has 2 aliphatic heterocycles. The number of aromatic nitrogens is 2. The second-order valence-corrected chi connectivity index (χ2v) is 9.80. The smallest absolute Gasteiger partial charge is 0.272 e. The van der Waals surface area contributed by atoms with Gasteiger partial charge < -0.3 is 10.2 Å². The third-order valence-electron chi connectivity index (χ3n) is 6.97. The van der Waals surface area contributed by atoms with Crippen LogP contribution in [-0.2, 0) is 20.0 Å². The van der Waals surface area contributed by atoms with Crippen LogP contribution in [0.2, 0.25) is 0 Å². The zero-order valence-electron chi connectivity index (χ0n) is 19.7. The predicted molar refractivity (Wildman–Crippen MR) is 125 cm³/mol. The van der Waals surface area contributed by atoms with Gasteiger partial charge in [0.05, 0.1) is 5.69 Å². The van der Waals surface area contributed by atoms with Crippen molar-refractivity contribution < 1.29 is 4.79 Å². The first-order chi connectivity index (χ1) is 14.8. The molecule has 2 atom stereocenters. The minimum absolute atomic E-state index is 0.0774. The monoisotopic (exact) mass is 423 g/mol. The molecule has 1 saturated heterocycles. The van der Waals surface area contributed by atoms with Crippen LogP contribution in [0, 0.1) is 12.8 Å². The van der Waals surface area contributed by atoms with Crippen molar-refractivity contribution in [2.24, 2.45) is 13.0 Å². The average molecular weight is 424 g/mol. The maximum absolute atomic E-state index is 13.8. The number of nitrogens with one attached hydrogen (secondary N) is 1. The first-order valence-electron chi connectivity index (χ1n) is 11.7. The van der Waals surface area contributed by atoms with E-state index in [1.54, 1.807) is 4.68 Å². The van der Waals surface area contributed by atoms with Gasteiger partial charge in [0.25, 0.3) is 5.91 Å². The Balaban J connectivity index is 1.68. The number of rotatable bonds is 3. The number of amides is 1. The van der Waals surface area contributed by atoms with E-state index in [9.17, 15) is 4.79 Å². The Morgan fingerprint density at radius 2 is 1.97 bits per heavy atom. The number of nitrogens with zero attached hydrogens (tertiary/aromatic N) is 4. The lowest BCUT2D eigenvalue weighted by Crippen LogP contribution is -2.43. The van der Waals surface area contributed by atoms with E-state index in [0.29, 0.717) is 30.2 Å². The number of benzene rings is 1. The zero-order chi connectivity index (χ0) is 22.1. The molecule has 4 rings (SSSR count). The van der Waals surface area contributed by atoms with Crippen LogP contribution in [0.5, 0.6) is 0 Å². The summed E-state index contributed by atoms with van der Waals surface area (Å²) in [4.78, 5) is 18.3. The van der Waals surface area contributed by atoms with Crippen molar-refractivity contribution in [2.45, 2.75) is 65.1 Å².